The SMILES string of the molecule is CCC(N)C(=O)N(C)c1ccc(OC)cc1. The van der Waals surface area contributed by atoms with Crippen LogP contribution >= 0.6 is 0 Å². The Bertz CT molecular complexity index is 349. The average Bonchev–Trinajstić information content (AvgIpc) is 2.36. The van der Waals surface area contributed by atoms with Crippen molar-refractivity contribution in [1.29, 1.82) is 0 Å². The van der Waals surface area contributed by atoms with E-state index >= 15 is 0 Å². The first-order valence-corrected chi connectivity index (χ1v) is 5.27. The highest BCUT2D eigenvalue weighted by atomic mass is 16.5. The minimum absolute atomic E-state index is 0.0762. The van der Waals surface area contributed by atoms with Gasteiger partial charge in [-0.3, -0.25) is 4.79 Å². The average molecular weight is 222 g/mol. The first kappa shape index (κ1) is 12.5. The van der Waals surface area contributed by atoms with Gasteiger partial charge < -0.3 is 15.4 Å². The van der Waals surface area contributed by atoms with Gasteiger partial charge in [0.05, 0.1) is 13.2 Å². The maximum absolute atomic E-state index is 11.8. The Labute approximate surface area is 96.0 Å². The van der Waals surface area contributed by atoms with Crippen LogP contribution in [0.25, 0.3) is 0 Å². The molecule has 1 amide bonds. The molecule has 0 aliphatic carbocycles. The number of amides is 1. The molecule has 2 N–H and O–H groups in total. The lowest BCUT2D eigenvalue weighted by Gasteiger charge is -2.20. The third-order valence-electron chi connectivity index (χ3n) is 2.55. The Kier molecular flexibility index (Phi) is 4.31. The number of methoxy groups -OCH3 is 1. The first-order chi connectivity index (χ1) is 7.60. The zero-order chi connectivity index (χ0) is 12.1. The maximum Gasteiger partial charge on any atom is 0.243 e. The lowest BCUT2D eigenvalue weighted by Crippen LogP contribution is -2.41. The number of carbonyl (C=O) groups excluding carboxylic acids is 1. The number of carbonyl (C=O) groups is 1. The Balaban J connectivity index is 2.79. The minimum atomic E-state index is -0.438. The Hall–Kier alpha value is -1.55. The van der Waals surface area contributed by atoms with Crippen molar-refractivity contribution in [3.63, 3.8) is 0 Å². The lowest BCUT2D eigenvalue weighted by atomic mass is 10.2. The highest BCUT2D eigenvalue weighted by Crippen LogP contribution is 2.18. The molecule has 0 saturated carbocycles. The highest BCUT2D eigenvalue weighted by Gasteiger charge is 2.17. The third-order valence-corrected chi connectivity index (χ3v) is 2.55. The topological polar surface area (TPSA) is 55.6 Å². The zero-order valence-electron chi connectivity index (χ0n) is 9.93. The summed E-state index contributed by atoms with van der Waals surface area (Å²) < 4.78 is 5.05. The number of ether oxygens (including phenoxy) is 1. The quantitative estimate of drug-likeness (QED) is 0.837. The zero-order valence-corrected chi connectivity index (χ0v) is 9.93. The van der Waals surface area contributed by atoms with E-state index in [1.807, 2.05) is 31.2 Å². The normalized spacial score (nSPS) is 12.0. The van der Waals surface area contributed by atoms with Crippen molar-refractivity contribution in [2.24, 2.45) is 5.73 Å². The summed E-state index contributed by atoms with van der Waals surface area (Å²) in [7, 11) is 3.33. The molecule has 4 heteroatoms. The van der Waals surface area contributed by atoms with Gasteiger partial charge in [0.2, 0.25) is 5.91 Å². The van der Waals surface area contributed by atoms with Crippen LogP contribution in [0.2, 0.25) is 0 Å². The fraction of sp³-hybridized carbons (Fsp3) is 0.417. The summed E-state index contributed by atoms with van der Waals surface area (Å²) >= 11 is 0. The second-order valence-corrected chi connectivity index (χ2v) is 3.61. The van der Waals surface area contributed by atoms with Crippen LogP contribution in [-0.2, 0) is 4.79 Å². The van der Waals surface area contributed by atoms with E-state index in [1.165, 1.54) is 0 Å². The van der Waals surface area contributed by atoms with E-state index in [-0.39, 0.29) is 5.91 Å². The van der Waals surface area contributed by atoms with Crippen molar-refractivity contribution < 1.29 is 9.53 Å². The summed E-state index contributed by atoms with van der Waals surface area (Å²) in [6.45, 7) is 1.89. The molecular weight excluding hydrogens is 204 g/mol. The Morgan fingerprint density at radius 2 is 2.00 bits per heavy atom. The first-order valence-electron chi connectivity index (χ1n) is 5.27. The van der Waals surface area contributed by atoms with Crippen molar-refractivity contribution >= 4 is 11.6 Å². The lowest BCUT2D eigenvalue weighted by molar-refractivity contribution is -0.119. The standard InChI is InChI=1S/C12H18N2O2/c1-4-11(13)12(15)14(2)9-5-7-10(16-3)8-6-9/h5-8,11H,4,13H2,1-3H3. The highest BCUT2D eigenvalue weighted by molar-refractivity contribution is 5.96. The second kappa shape index (κ2) is 5.51. The summed E-state index contributed by atoms with van der Waals surface area (Å²) in [6, 6.07) is 6.86. The van der Waals surface area contributed by atoms with Crippen LogP contribution < -0.4 is 15.4 Å². The van der Waals surface area contributed by atoms with E-state index in [0.717, 1.165) is 11.4 Å². The largest absolute Gasteiger partial charge is 0.497 e. The molecule has 0 spiro atoms. The number of hydrogen-bond acceptors (Lipinski definition) is 3. The molecule has 0 radical (unpaired) electrons. The molecule has 1 unspecified atom stereocenters. The molecule has 0 heterocycles. The fourth-order valence-electron chi connectivity index (χ4n) is 1.36. The summed E-state index contributed by atoms with van der Waals surface area (Å²) in [5, 5.41) is 0. The predicted molar refractivity (Wildman–Crippen MR) is 64.7 cm³/mol. The molecule has 0 aliphatic rings. The maximum atomic E-state index is 11.8. The van der Waals surface area contributed by atoms with Crippen molar-refractivity contribution in [3.8, 4) is 5.75 Å². The molecule has 0 saturated heterocycles. The molecule has 16 heavy (non-hydrogen) atoms. The smallest absolute Gasteiger partial charge is 0.243 e. The molecule has 0 bridgehead atoms. The third kappa shape index (κ3) is 2.73. The molecule has 1 aromatic carbocycles. The molecule has 0 aromatic heterocycles. The molecule has 1 rings (SSSR count). The molecule has 0 aliphatic heterocycles. The Morgan fingerprint density at radius 1 is 1.44 bits per heavy atom. The fourth-order valence-corrected chi connectivity index (χ4v) is 1.36. The second-order valence-electron chi connectivity index (χ2n) is 3.61. The van der Waals surface area contributed by atoms with E-state index in [9.17, 15) is 4.79 Å². The van der Waals surface area contributed by atoms with Crippen LogP contribution in [0, 0.1) is 0 Å². The summed E-state index contributed by atoms with van der Waals surface area (Å²) in [5.41, 5.74) is 6.51. The van der Waals surface area contributed by atoms with Gasteiger partial charge in [-0.25, -0.2) is 0 Å². The molecule has 88 valence electrons. The number of nitrogens with zero attached hydrogens (tertiary/aromatic N) is 1. The number of likely N-dealkylation sites (N-methyl/N-ethyl adjacent to an activating group) is 1. The molecule has 0 fully saturated rings. The van der Waals surface area contributed by atoms with Crippen molar-refractivity contribution in [2.45, 2.75) is 19.4 Å². The van der Waals surface area contributed by atoms with Crippen molar-refractivity contribution in [3.05, 3.63) is 24.3 Å². The molecule has 1 atom stereocenters. The van der Waals surface area contributed by atoms with Gasteiger partial charge in [-0.15, -0.1) is 0 Å². The van der Waals surface area contributed by atoms with Crippen LogP contribution in [0.15, 0.2) is 24.3 Å². The van der Waals surface area contributed by atoms with Crippen molar-refractivity contribution in [2.75, 3.05) is 19.1 Å². The van der Waals surface area contributed by atoms with Gasteiger partial charge in [0, 0.05) is 12.7 Å². The van der Waals surface area contributed by atoms with E-state index in [4.69, 9.17) is 10.5 Å². The molecule has 4 nitrogen and oxygen atoms in total. The van der Waals surface area contributed by atoms with Crippen LogP contribution in [-0.4, -0.2) is 26.1 Å². The number of benzene rings is 1. The monoisotopic (exact) mass is 222 g/mol. The van der Waals surface area contributed by atoms with Crippen LogP contribution in [0.1, 0.15) is 13.3 Å². The molecular formula is C12H18N2O2. The van der Waals surface area contributed by atoms with Gasteiger partial charge in [0.1, 0.15) is 5.75 Å². The minimum Gasteiger partial charge on any atom is -0.497 e. The van der Waals surface area contributed by atoms with Gasteiger partial charge >= 0.3 is 0 Å². The predicted octanol–water partition coefficient (Wildman–Crippen LogP) is 1.40. The number of nitrogens with two attached hydrogens (primary N) is 1. The van der Waals surface area contributed by atoms with E-state index in [2.05, 4.69) is 0 Å². The van der Waals surface area contributed by atoms with Gasteiger partial charge in [-0.1, -0.05) is 6.92 Å². The van der Waals surface area contributed by atoms with Gasteiger partial charge in [0.15, 0.2) is 0 Å². The van der Waals surface area contributed by atoms with E-state index < -0.39 is 6.04 Å². The van der Waals surface area contributed by atoms with E-state index in [0.29, 0.717) is 6.42 Å². The molecule has 1 aromatic rings. The number of rotatable bonds is 4. The van der Waals surface area contributed by atoms with Gasteiger partial charge in [0.25, 0.3) is 0 Å². The number of hydrogen-bond donors (Lipinski definition) is 1. The summed E-state index contributed by atoms with van der Waals surface area (Å²) in [4.78, 5) is 13.4. The van der Waals surface area contributed by atoms with Gasteiger partial charge in [-0.2, -0.15) is 0 Å². The summed E-state index contributed by atoms with van der Waals surface area (Å²) in [6.07, 6.45) is 0.638. The van der Waals surface area contributed by atoms with Crippen LogP contribution in [0.4, 0.5) is 5.69 Å². The van der Waals surface area contributed by atoms with Crippen LogP contribution in [0.3, 0.4) is 0 Å². The van der Waals surface area contributed by atoms with Gasteiger partial charge in [-0.05, 0) is 30.7 Å². The van der Waals surface area contributed by atoms with E-state index in [1.54, 1.807) is 19.1 Å². The summed E-state index contributed by atoms with van der Waals surface area (Å²) in [5.74, 6) is 0.692. The number of anilines is 1. The van der Waals surface area contributed by atoms with Crippen molar-refractivity contribution in [1.82, 2.24) is 0 Å². The Morgan fingerprint density at radius 3 is 2.44 bits per heavy atom. The van der Waals surface area contributed by atoms with Crippen LogP contribution in [0.5, 0.6) is 5.75 Å².